The molecule has 0 aromatic heterocycles. The van der Waals surface area contributed by atoms with Crippen molar-refractivity contribution in [2.75, 3.05) is 0 Å². The van der Waals surface area contributed by atoms with Crippen LogP contribution in [-0.2, 0) is 6.54 Å². The van der Waals surface area contributed by atoms with Gasteiger partial charge in [-0.1, -0.05) is 31.6 Å². The van der Waals surface area contributed by atoms with Crippen molar-refractivity contribution < 1.29 is 0 Å². The third-order valence-electron chi connectivity index (χ3n) is 6.07. The smallest absolute Gasteiger partial charge is 0.0180 e. The lowest BCUT2D eigenvalue weighted by molar-refractivity contribution is 0.332. The van der Waals surface area contributed by atoms with Gasteiger partial charge >= 0.3 is 0 Å². The fourth-order valence-corrected chi connectivity index (χ4v) is 4.95. The van der Waals surface area contributed by atoms with Gasteiger partial charge in [0, 0.05) is 12.5 Å². The first-order valence-electron chi connectivity index (χ1n) is 8.95. The van der Waals surface area contributed by atoms with Crippen molar-refractivity contribution in [2.24, 2.45) is 11.7 Å². The zero-order valence-electron chi connectivity index (χ0n) is 14.9. The minimum Gasteiger partial charge on any atom is -0.326 e. The summed E-state index contributed by atoms with van der Waals surface area (Å²) in [4.78, 5) is 0. The molecule has 2 aliphatic rings. The zero-order valence-corrected chi connectivity index (χ0v) is 14.9. The maximum atomic E-state index is 6.06. The van der Waals surface area contributed by atoms with Gasteiger partial charge in [-0.2, -0.15) is 0 Å². The monoisotopic (exact) mass is 297 g/mol. The Morgan fingerprint density at radius 2 is 1.95 bits per heavy atom. The van der Waals surface area contributed by atoms with Crippen LogP contribution in [-0.4, -0.2) is 0 Å². The second kappa shape index (κ2) is 5.85. The molecule has 22 heavy (non-hydrogen) atoms. The fraction of sp³-hybridized carbons (Fsp3) is 0.619. The van der Waals surface area contributed by atoms with Crippen LogP contribution in [0.1, 0.15) is 92.5 Å². The number of nitrogens with two attached hydrogens (primary N) is 1. The van der Waals surface area contributed by atoms with Crippen LogP contribution in [0.4, 0.5) is 0 Å². The predicted octanol–water partition coefficient (Wildman–Crippen LogP) is 5.52. The highest BCUT2D eigenvalue weighted by atomic mass is 14.5. The van der Waals surface area contributed by atoms with E-state index in [0.717, 1.165) is 11.8 Å². The molecule has 0 amide bonds. The fourth-order valence-electron chi connectivity index (χ4n) is 4.95. The van der Waals surface area contributed by atoms with Gasteiger partial charge in [0.05, 0.1) is 0 Å². The zero-order chi connectivity index (χ0) is 16.0. The number of allylic oxidation sites excluding steroid dienone is 2. The summed E-state index contributed by atoms with van der Waals surface area (Å²) in [6.07, 6.45) is 6.49. The quantitative estimate of drug-likeness (QED) is 0.714. The van der Waals surface area contributed by atoms with E-state index in [1.54, 1.807) is 16.7 Å². The Bertz CT molecular complexity index is 607. The molecule has 0 unspecified atom stereocenters. The van der Waals surface area contributed by atoms with Crippen LogP contribution in [0.3, 0.4) is 0 Å². The van der Waals surface area contributed by atoms with Gasteiger partial charge in [-0.3, -0.25) is 0 Å². The molecule has 0 bridgehead atoms. The van der Waals surface area contributed by atoms with Crippen LogP contribution < -0.4 is 5.73 Å². The largest absolute Gasteiger partial charge is 0.326 e. The molecule has 4 atom stereocenters. The average molecular weight is 297 g/mol. The van der Waals surface area contributed by atoms with Gasteiger partial charge in [-0.25, -0.2) is 0 Å². The van der Waals surface area contributed by atoms with Gasteiger partial charge in [0.15, 0.2) is 0 Å². The summed E-state index contributed by atoms with van der Waals surface area (Å²) in [6, 6.07) is 2.43. The molecule has 2 aliphatic carbocycles. The van der Waals surface area contributed by atoms with E-state index in [2.05, 4.69) is 46.8 Å². The number of hydrogen-bond acceptors (Lipinski definition) is 1. The first-order chi connectivity index (χ1) is 10.4. The van der Waals surface area contributed by atoms with Gasteiger partial charge in [0.1, 0.15) is 0 Å². The molecule has 0 heterocycles. The van der Waals surface area contributed by atoms with Gasteiger partial charge in [-0.15, -0.1) is 0 Å². The van der Waals surface area contributed by atoms with Crippen molar-refractivity contribution >= 4 is 0 Å². The van der Waals surface area contributed by atoms with Crippen molar-refractivity contribution in [1.82, 2.24) is 0 Å². The molecule has 2 N–H and O–H groups in total. The maximum absolute atomic E-state index is 6.06. The minimum atomic E-state index is 0.585. The Morgan fingerprint density at radius 3 is 2.59 bits per heavy atom. The highest BCUT2D eigenvalue weighted by Crippen LogP contribution is 2.53. The third-order valence-corrected chi connectivity index (χ3v) is 6.07. The SMILES string of the molecule is CC(C)=C[C@H]1C[C@H](C)[C@H]2CC[C@H](C)c3cc(CN)c(C)c1c32. The van der Waals surface area contributed by atoms with Crippen LogP contribution in [0.5, 0.6) is 0 Å². The summed E-state index contributed by atoms with van der Waals surface area (Å²) in [5, 5.41) is 0. The molecule has 1 aromatic carbocycles. The molecule has 0 aliphatic heterocycles. The molecule has 0 saturated heterocycles. The second-order valence-corrected chi connectivity index (χ2v) is 7.93. The molecule has 0 spiro atoms. The Labute approximate surface area is 136 Å². The Hall–Kier alpha value is -1.08. The van der Waals surface area contributed by atoms with E-state index in [-0.39, 0.29) is 0 Å². The molecule has 1 aromatic rings. The molecule has 0 saturated carbocycles. The van der Waals surface area contributed by atoms with Crippen LogP contribution in [0.15, 0.2) is 17.7 Å². The first-order valence-corrected chi connectivity index (χ1v) is 8.95. The lowest BCUT2D eigenvalue weighted by atomic mass is 9.62. The van der Waals surface area contributed by atoms with E-state index in [9.17, 15) is 0 Å². The highest BCUT2D eigenvalue weighted by Gasteiger charge is 2.38. The first kappa shape index (κ1) is 15.8. The van der Waals surface area contributed by atoms with Crippen molar-refractivity contribution in [3.63, 3.8) is 0 Å². The van der Waals surface area contributed by atoms with Crippen LogP contribution in [0, 0.1) is 12.8 Å². The van der Waals surface area contributed by atoms with Gasteiger partial charge < -0.3 is 5.73 Å². The van der Waals surface area contributed by atoms with Crippen LogP contribution >= 0.6 is 0 Å². The summed E-state index contributed by atoms with van der Waals surface area (Å²) in [7, 11) is 0. The maximum Gasteiger partial charge on any atom is 0.0180 e. The van der Waals surface area contributed by atoms with Gasteiger partial charge in [0.25, 0.3) is 0 Å². The van der Waals surface area contributed by atoms with Gasteiger partial charge in [0.2, 0.25) is 0 Å². The summed E-state index contributed by atoms with van der Waals surface area (Å²) in [5.74, 6) is 2.84. The van der Waals surface area contributed by atoms with Gasteiger partial charge in [-0.05, 0) is 85.6 Å². The summed E-state index contributed by atoms with van der Waals surface area (Å²) < 4.78 is 0. The van der Waals surface area contributed by atoms with E-state index in [1.165, 1.54) is 36.0 Å². The van der Waals surface area contributed by atoms with Crippen LogP contribution in [0.25, 0.3) is 0 Å². The van der Waals surface area contributed by atoms with E-state index < -0.39 is 0 Å². The third kappa shape index (κ3) is 2.44. The van der Waals surface area contributed by atoms with E-state index in [0.29, 0.717) is 18.4 Å². The molecule has 1 heteroatoms. The van der Waals surface area contributed by atoms with Crippen molar-refractivity contribution in [3.05, 3.63) is 45.5 Å². The molecular weight excluding hydrogens is 266 g/mol. The molecule has 0 radical (unpaired) electrons. The lowest BCUT2D eigenvalue weighted by Crippen LogP contribution is -2.28. The molecule has 1 nitrogen and oxygen atoms in total. The molecule has 120 valence electrons. The second-order valence-electron chi connectivity index (χ2n) is 7.93. The Kier molecular flexibility index (Phi) is 4.20. The van der Waals surface area contributed by atoms with Crippen LogP contribution in [0.2, 0.25) is 0 Å². The lowest BCUT2D eigenvalue weighted by Gasteiger charge is -2.43. The minimum absolute atomic E-state index is 0.585. The van der Waals surface area contributed by atoms with E-state index in [1.807, 2.05) is 0 Å². The number of hydrogen-bond donors (Lipinski definition) is 1. The van der Waals surface area contributed by atoms with Crippen molar-refractivity contribution in [1.29, 1.82) is 0 Å². The van der Waals surface area contributed by atoms with Crippen molar-refractivity contribution in [2.45, 2.75) is 78.2 Å². The number of benzene rings is 1. The number of rotatable bonds is 2. The molecular formula is C21H31N. The topological polar surface area (TPSA) is 26.0 Å². The highest BCUT2D eigenvalue weighted by molar-refractivity contribution is 5.54. The van der Waals surface area contributed by atoms with Crippen molar-refractivity contribution in [3.8, 4) is 0 Å². The standard InChI is InChI=1S/C21H31N/c1-12(2)8-16-9-14(4)18-7-6-13(3)19-10-17(11-22)15(5)20(16)21(18)19/h8,10,13-14,16,18H,6-7,9,11,22H2,1-5H3/t13-,14-,16-,18+/m0/s1. The Balaban J connectivity index is 2.28. The molecule has 3 rings (SSSR count). The summed E-state index contributed by atoms with van der Waals surface area (Å²) in [5.41, 5.74) is 15.3. The average Bonchev–Trinajstić information content (AvgIpc) is 2.45. The molecule has 0 fully saturated rings. The Morgan fingerprint density at radius 1 is 1.23 bits per heavy atom. The normalized spacial score (nSPS) is 29.9. The predicted molar refractivity (Wildman–Crippen MR) is 95.4 cm³/mol. The van der Waals surface area contributed by atoms with E-state index in [4.69, 9.17) is 5.73 Å². The summed E-state index contributed by atoms with van der Waals surface area (Å²) in [6.45, 7) is 12.3. The van der Waals surface area contributed by atoms with E-state index >= 15 is 0 Å². The summed E-state index contributed by atoms with van der Waals surface area (Å²) >= 11 is 0.